The highest BCUT2D eigenvalue weighted by molar-refractivity contribution is 6.04. The lowest BCUT2D eigenvalue weighted by atomic mass is 10.0. The standard InChI is InChI=1S/C22H26N2O4/c1-14(2)15-5-7-17(8-6-15)24-13-16(11-21(24)25)22(26)23-19-12-18(27-3)9-10-20(19)28-4/h5-10,12,14,16H,11,13H2,1-4H3,(H,23,26). The maximum Gasteiger partial charge on any atom is 0.229 e. The molecule has 0 radical (unpaired) electrons. The summed E-state index contributed by atoms with van der Waals surface area (Å²) >= 11 is 0. The number of ether oxygens (including phenoxy) is 2. The Morgan fingerprint density at radius 1 is 1.11 bits per heavy atom. The van der Waals surface area contributed by atoms with E-state index in [4.69, 9.17) is 9.47 Å². The Morgan fingerprint density at radius 3 is 2.43 bits per heavy atom. The maximum atomic E-state index is 12.8. The maximum absolute atomic E-state index is 12.8. The van der Waals surface area contributed by atoms with Crippen molar-refractivity contribution in [3.63, 3.8) is 0 Å². The number of nitrogens with zero attached hydrogens (tertiary/aromatic N) is 1. The quantitative estimate of drug-likeness (QED) is 0.825. The number of hydrogen-bond donors (Lipinski definition) is 1. The van der Waals surface area contributed by atoms with Gasteiger partial charge in [-0.1, -0.05) is 26.0 Å². The summed E-state index contributed by atoms with van der Waals surface area (Å²) in [6.45, 7) is 4.62. The lowest BCUT2D eigenvalue weighted by molar-refractivity contribution is -0.122. The molecule has 1 heterocycles. The Bertz CT molecular complexity index is 861. The van der Waals surface area contributed by atoms with Gasteiger partial charge in [0, 0.05) is 24.7 Å². The highest BCUT2D eigenvalue weighted by Crippen LogP contribution is 2.31. The second-order valence-electron chi connectivity index (χ2n) is 7.21. The topological polar surface area (TPSA) is 67.9 Å². The number of amides is 2. The van der Waals surface area contributed by atoms with E-state index >= 15 is 0 Å². The molecule has 148 valence electrons. The molecule has 2 amide bonds. The highest BCUT2D eigenvalue weighted by Gasteiger charge is 2.35. The van der Waals surface area contributed by atoms with Crippen molar-refractivity contribution >= 4 is 23.2 Å². The summed E-state index contributed by atoms with van der Waals surface area (Å²) in [6.07, 6.45) is 0.185. The third kappa shape index (κ3) is 4.11. The summed E-state index contributed by atoms with van der Waals surface area (Å²) in [6, 6.07) is 13.1. The Balaban J connectivity index is 1.72. The molecule has 2 aromatic carbocycles. The monoisotopic (exact) mass is 382 g/mol. The SMILES string of the molecule is COc1ccc(OC)c(NC(=O)C2CC(=O)N(c3ccc(C(C)C)cc3)C2)c1. The minimum atomic E-state index is -0.423. The first-order valence-corrected chi connectivity index (χ1v) is 9.36. The van der Waals surface area contributed by atoms with Crippen LogP contribution in [-0.2, 0) is 9.59 Å². The average Bonchev–Trinajstić information content (AvgIpc) is 3.09. The summed E-state index contributed by atoms with van der Waals surface area (Å²) in [5.74, 6) is 0.911. The minimum Gasteiger partial charge on any atom is -0.497 e. The van der Waals surface area contributed by atoms with Crippen molar-refractivity contribution in [2.24, 2.45) is 5.92 Å². The van der Waals surface area contributed by atoms with E-state index in [2.05, 4.69) is 19.2 Å². The molecule has 1 aliphatic rings. The van der Waals surface area contributed by atoms with Gasteiger partial charge >= 0.3 is 0 Å². The molecule has 6 nitrogen and oxygen atoms in total. The fourth-order valence-electron chi connectivity index (χ4n) is 3.32. The van der Waals surface area contributed by atoms with Gasteiger partial charge in [0.1, 0.15) is 11.5 Å². The molecule has 2 aromatic rings. The summed E-state index contributed by atoms with van der Waals surface area (Å²) in [5, 5.41) is 2.87. The van der Waals surface area contributed by atoms with Crippen molar-refractivity contribution < 1.29 is 19.1 Å². The van der Waals surface area contributed by atoms with Gasteiger partial charge in [-0.2, -0.15) is 0 Å². The van der Waals surface area contributed by atoms with Gasteiger partial charge in [0.2, 0.25) is 11.8 Å². The van der Waals surface area contributed by atoms with E-state index < -0.39 is 5.92 Å². The van der Waals surface area contributed by atoms with Crippen molar-refractivity contribution in [2.45, 2.75) is 26.2 Å². The Hall–Kier alpha value is -3.02. The first-order chi connectivity index (χ1) is 13.4. The molecule has 1 N–H and O–H groups in total. The molecule has 0 spiro atoms. The Kier molecular flexibility index (Phi) is 5.87. The number of carbonyl (C=O) groups excluding carboxylic acids is 2. The van der Waals surface area contributed by atoms with Crippen LogP contribution in [0.1, 0.15) is 31.7 Å². The third-order valence-electron chi connectivity index (χ3n) is 5.03. The molecule has 0 aromatic heterocycles. The molecule has 0 saturated carbocycles. The van der Waals surface area contributed by atoms with Gasteiger partial charge < -0.3 is 19.7 Å². The molecule has 1 fully saturated rings. The van der Waals surface area contributed by atoms with E-state index in [0.29, 0.717) is 29.6 Å². The molecular formula is C22H26N2O4. The number of anilines is 2. The van der Waals surface area contributed by atoms with Crippen LogP contribution in [-0.4, -0.2) is 32.6 Å². The average molecular weight is 382 g/mol. The van der Waals surface area contributed by atoms with Crippen LogP contribution < -0.4 is 19.7 Å². The number of carbonyl (C=O) groups is 2. The molecule has 6 heteroatoms. The predicted molar refractivity (Wildman–Crippen MR) is 109 cm³/mol. The van der Waals surface area contributed by atoms with Crippen LogP contribution >= 0.6 is 0 Å². The molecule has 1 unspecified atom stereocenters. The molecule has 0 bridgehead atoms. The molecule has 3 rings (SSSR count). The van der Waals surface area contributed by atoms with Crippen molar-refractivity contribution in [2.75, 3.05) is 31.0 Å². The van der Waals surface area contributed by atoms with Crippen molar-refractivity contribution in [1.82, 2.24) is 0 Å². The lowest BCUT2D eigenvalue weighted by Crippen LogP contribution is -2.28. The fourth-order valence-corrected chi connectivity index (χ4v) is 3.32. The van der Waals surface area contributed by atoms with Crippen molar-refractivity contribution in [1.29, 1.82) is 0 Å². The van der Waals surface area contributed by atoms with Crippen LogP contribution in [0.4, 0.5) is 11.4 Å². The smallest absolute Gasteiger partial charge is 0.229 e. The van der Waals surface area contributed by atoms with Crippen molar-refractivity contribution in [3.8, 4) is 11.5 Å². The molecule has 0 aliphatic carbocycles. The van der Waals surface area contributed by atoms with Crippen LogP contribution in [0.3, 0.4) is 0 Å². The normalized spacial score (nSPS) is 16.4. The second-order valence-corrected chi connectivity index (χ2v) is 7.21. The van der Waals surface area contributed by atoms with E-state index in [-0.39, 0.29) is 18.2 Å². The summed E-state index contributed by atoms with van der Waals surface area (Å²) in [5.41, 5.74) is 2.57. The Labute approximate surface area is 165 Å². The zero-order valence-corrected chi connectivity index (χ0v) is 16.7. The van der Waals surface area contributed by atoms with E-state index in [0.717, 1.165) is 5.69 Å². The zero-order chi connectivity index (χ0) is 20.3. The van der Waals surface area contributed by atoms with Crippen LogP contribution in [0.5, 0.6) is 11.5 Å². The van der Waals surface area contributed by atoms with Gasteiger partial charge in [0.05, 0.1) is 25.8 Å². The van der Waals surface area contributed by atoms with Gasteiger partial charge in [0.15, 0.2) is 0 Å². The predicted octanol–water partition coefficient (Wildman–Crippen LogP) is 3.82. The fraction of sp³-hybridized carbons (Fsp3) is 0.364. The molecule has 1 aliphatic heterocycles. The van der Waals surface area contributed by atoms with Crippen molar-refractivity contribution in [3.05, 3.63) is 48.0 Å². The lowest BCUT2D eigenvalue weighted by Gasteiger charge is -2.18. The summed E-state index contributed by atoms with van der Waals surface area (Å²) in [7, 11) is 3.10. The van der Waals surface area contributed by atoms with Gasteiger partial charge in [-0.15, -0.1) is 0 Å². The van der Waals surface area contributed by atoms with Crippen LogP contribution in [0.15, 0.2) is 42.5 Å². The number of nitrogens with one attached hydrogen (secondary N) is 1. The number of rotatable bonds is 6. The van der Waals surface area contributed by atoms with E-state index in [9.17, 15) is 9.59 Å². The zero-order valence-electron chi connectivity index (χ0n) is 16.7. The number of benzene rings is 2. The van der Waals surface area contributed by atoms with E-state index in [1.165, 1.54) is 5.56 Å². The van der Waals surface area contributed by atoms with Crippen LogP contribution in [0.2, 0.25) is 0 Å². The first-order valence-electron chi connectivity index (χ1n) is 9.36. The highest BCUT2D eigenvalue weighted by atomic mass is 16.5. The molecular weight excluding hydrogens is 356 g/mol. The molecule has 28 heavy (non-hydrogen) atoms. The third-order valence-corrected chi connectivity index (χ3v) is 5.03. The second kappa shape index (κ2) is 8.33. The number of hydrogen-bond acceptors (Lipinski definition) is 4. The van der Waals surface area contributed by atoms with E-state index in [1.54, 1.807) is 37.3 Å². The van der Waals surface area contributed by atoms with Gasteiger partial charge in [-0.25, -0.2) is 0 Å². The van der Waals surface area contributed by atoms with Crippen LogP contribution in [0, 0.1) is 5.92 Å². The van der Waals surface area contributed by atoms with Gasteiger partial charge in [-0.05, 0) is 35.7 Å². The van der Waals surface area contributed by atoms with Crippen LogP contribution in [0.25, 0.3) is 0 Å². The summed E-state index contributed by atoms with van der Waals surface area (Å²) in [4.78, 5) is 26.9. The minimum absolute atomic E-state index is 0.0462. The first kappa shape index (κ1) is 19.7. The van der Waals surface area contributed by atoms with Gasteiger partial charge in [-0.3, -0.25) is 9.59 Å². The Morgan fingerprint density at radius 2 is 1.82 bits per heavy atom. The largest absolute Gasteiger partial charge is 0.497 e. The molecule has 1 saturated heterocycles. The molecule has 1 atom stereocenters. The van der Waals surface area contributed by atoms with Gasteiger partial charge in [0.25, 0.3) is 0 Å². The van der Waals surface area contributed by atoms with E-state index in [1.807, 2.05) is 24.3 Å². The summed E-state index contributed by atoms with van der Waals surface area (Å²) < 4.78 is 10.5. The number of methoxy groups -OCH3 is 2.